The van der Waals surface area contributed by atoms with E-state index in [0.717, 1.165) is 45.8 Å². The van der Waals surface area contributed by atoms with E-state index in [1.165, 1.54) is 13.2 Å². The van der Waals surface area contributed by atoms with Crippen molar-refractivity contribution in [2.45, 2.75) is 12.6 Å². The number of carbonyl (C=O) groups excluding carboxylic acids is 1. The molecule has 2 aliphatic heterocycles. The highest BCUT2D eigenvalue weighted by molar-refractivity contribution is 5.92. The fraction of sp³-hybridized carbons (Fsp3) is 0.688. The quantitative estimate of drug-likeness (QED) is 0.771. The number of hydrogen-bond acceptors (Lipinski definition) is 7. The van der Waals surface area contributed by atoms with Gasteiger partial charge in [-0.3, -0.25) is 4.79 Å². The van der Waals surface area contributed by atoms with Gasteiger partial charge < -0.3 is 28.9 Å². The molecule has 0 aromatic carbocycles. The fourth-order valence-electron chi connectivity index (χ4n) is 3.22. The normalized spacial score (nSPS) is 18.4. The van der Waals surface area contributed by atoms with Crippen LogP contribution < -0.4 is 4.74 Å². The summed E-state index contributed by atoms with van der Waals surface area (Å²) in [6, 6.07) is 1.53. The third-order valence-electron chi connectivity index (χ3n) is 4.62. The van der Waals surface area contributed by atoms with E-state index >= 15 is 0 Å². The van der Waals surface area contributed by atoms with Crippen molar-refractivity contribution in [1.29, 1.82) is 0 Å². The molecule has 28 heavy (non-hydrogen) atoms. The third kappa shape index (κ3) is 5.35. The minimum atomic E-state index is -5.08. The van der Waals surface area contributed by atoms with Crippen LogP contribution in [0.1, 0.15) is 17.0 Å². The number of aliphatic carboxylic acids is 1. The van der Waals surface area contributed by atoms with Crippen molar-refractivity contribution in [3.8, 4) is 5.88 Å². The van der Waals surface area contributed by atoms with Crippen LogP contribution in [0.5, 0.6) is 5.88 Å². The number of halogens is 3. The zero-order valence-electron chi connectivity index (χ0n) is 15.5. The molecule has 3 heterocycles. The van der Waals surface area contributed by atoms with Crippen LogP contribution in [0, 0.1) is 5.41 Å². The Bertz CT molecular complexity index is 687. The maximum atomic E-state index is 12.3. The van der Waals surface area contributed by atoms with Crippen molar-refractivity contribution in [3.63, 3.8) is 0 Å². The number of carboxylic acid groups (broad SMARTS) is 1. The number of methoxy groups -OCH3 is 2. The second-order valence-electron chi connectivity index (χ2n) is 6.72. The molecular formula is C16H22F3N3O6. The van der Waals surface area contributed by atoms with E-state index in [1.54, 1.807) is 7.11 Å². The molecule has 0 bridgehead atoms. The largest absolute Gasteiger partial charge is 0.490 e. The molecule has 0 radical (unpaired) electrons. The molecule has 9 nitrogen and oxygen atoms in total. The number of hydrogen-bond donors (Lipinski definition) is 1. The minimum absolute atomic E-state index is 0.105. The summed E-state index contributed by atoms with van der Waals surface area (Å²) < 4.78 is 46.8. The van der Waals surface area contributed by atoms with Gasteiger partial charge in [0.25, 0.3) is 11.8 Å². The second-order valence-corrected chi connectivity index (χ2v) is 6.72. The Labute approximate surface area is 158 Å². The van der Waals surface area contributed by atoms with Gasteiger partial charge in [-0.25, -0.2) is 4.79 Å². The molecule has 1 N–H and O–H groups in total. The lowest BCUT2D eigenvalue weighted by atomic mass is 9.79. The van der Waals surface area contributed by atoms with Crippen molar-refractivity contribution in [2.24, 2.45) is 5.41 Å². The van der Waals surface area contributed by atoms with Crippen molar-refractivity contribution in [2.75, 3.05) is 53.6 Å². The minimum Gasteiger partial charge on any atom is -0.479 e. The first kappa shape index (κ1) is 22.0. The lowest BCUT2D eigenvalue weighted by molar-refractivity contribution is -0.192. The Balaban J connectivity index is 0.000000345. The van der Waals surface area contributed by atoms with E-state index in [9.17, 15) is 18.0 Å². The van der Waals surface area contributed by atoms with E-state index in [-0.39, 0.29) is 17.1 Å². The molecule has 3 rings (SSSR count). The van der Waals surface area contributed by atoms with Gasteiger partial charge in [0.1, 0.15) is 0 Å². The van der Waals surface area contributed by atoms with Crippen LogP contribution in [0.4, 0.5) is 13.2 Å². The number of alkyl halides is 3. The zero-order chi connectivity index (χ0) is 20.9. The van der Waals surface area contributed by atoms with Gasteiger partial charge >= 0.3 is 12.1 Å². The average molecular weight is 409 g/mol. The molecule has 1 amide bonds. The number of carbonyl (C=O) groups is 2. The Morgan fingerprint density at radius 1 is 1.32 bits per heavy atom. The summed E-state index contributed by atoms with van der Waals surface area (Å²) in [5, 5.41) is 10.8. The fourth-order valence-corrected chi connectivity index (χ4v) is 3.22. The highest BCUT2D eigenvalue weighted by atomic mass is 19.4. The van der Waals surface area contributed by atoms with Gasteiger partial charge in [-0.2, -0.15) is 13.2 Å². The maximum absolute atomic E-state index is 12.3. The molecule has 2 fully saturated rings. The van der Waals surface area contributed by atoms with Crippen LogP contribution >= 0.6 is 0 Å². The molecule has 0 atom stereocenters. The second kappa shape index (κ2) is 8.78. The molecule has 2 saturated heterocycles. The lowest BCUT2D eigenvalue weighted by Gasteiger charge is -2.47. The van der Waals surface area contributed by atoms with E-state index in [0.29, 0.717) is 5.88 Å². The van der Waals surface area contributed by atoms with E-state index in [4.69, 9.17) is 23.9 Å². The third-order valence-corrected chi connectivity index (χ3v) is 4.62. The first-order valence-corrected chi connectivity index (χ1v) is 8.41. The summed E-state index contributed by atoms with van der Waals surface area (Å²) in [5.74, 6) is -2.28. The Morgan fingerprint density at radius 3 is 2.46 bits per heavy atom. The smallest absolute Gasteiger partial charge is 0.479 e. The Morgan fingerprint density at radius 2 is 1.96 bits per heavy atom. The predicted octanol–water partition coefficient (Wildman–Crippen LogP) is 1.11. The van der Waals surface area contributed by atoms with Crippen LogP contribution in [0.2, 0.25) is 0 Å². The van der Waals surface area contributed by atoms with Gasteiger partial charge in [0, 0.05) is 38.7 Å². The van der Waals surface area contributed by atoms with Gasteiger partial charge in [0.05, 0.1) is 19.8 Å². The zero-order valence-corrected chi connectivity index (χ0v) is 15.5. The van der Waals surface area contributed by atoms with Crippen molar-refractivity contribution >= 4 is 11.9 Å². The molecule has 1 spiro atoms. The maximum Gasteiger partial charge on any atom is 0.490 e. The molecular weight excluding hydrogens is 387 g/mol. The van der Waals surface area contributed by atoms with Crippen molar-refractivity contribution < 1.29 is 41.9 Å². The van der Waals surface area contributed by atoms with E-state index < -0.39 is 12.1 Å². The van der Waals surface area contributed by atoms with Crippen LogP contribution in [0.3, 0.4) is 0 Å². The van der Waals surface area contributed by atoms with Crippen LogP contribution in [0.15, 0.2) is 10.6 Å². The number of nitrogens with zero attached hydrogens (tertiary/aromatic N) is 3. The van der Waals surface area contributed by atoms with Gasteiger partial charge in [-0.15, -0.1) is 0 Å². The summed E-state index contributed by atoms with van der Waals surface area (Å²) in [4.78, 5) is 25.4. The monoisotopic (exact) mass is 409 g/mol. The molecule has 0 saturated carbocycles. The average Bonchev–Trinajstić information content (AvgIpc) is 3.25. The number of ether oxygens (including phenoxy) is 2. The molecule has 12 heteroatoms. The first-order chi connectivity index (χ1) is 13.1. The van der Waals surface area contributed by atoms with Gasteiger partial charge in [-0.05, 0) is 18.1 Å². The van der Waals surface area contributed by atoms with Crippen LogP contribution in [-0.4, -0.2) is 91.7 Å². The summed E-state index contributed by atoms with van der Waals surface area (Å²) >= 11 is 0. The number of rotatable bonds is 5. The topological polar surface area (TPSA) is 105 Å². The summed E-state index contributed by atoms with van der Waals surface area (Å²) in [7, 11) is 3.22. The Hall–Kier alpha value is -2.34. The highest BCUT2D eigenvalue weighted by Crippen LogP contribution is 2.40. The van der Waals surface area contributed by atoms with E-state index in [2.05, 4.69) is 10.1 Å². The van der Waals surface area contributed by atoms with Gasteiger partial charge in [-0.1, -0.05) is 0 Å². The standard InChI is InChI=1S/C14H21N3O4.C2HF3O2/c1-19-6-5-16-4-3-14(8-16)9-17(10-14)13(18)11-7-12(20-2)15-21-11;3-2(4,5)1(6)7/h7H,3-6,8-10H2,1-2H3;(H,6,7). The first-order valence-electron chi connectivity index (χ1n) is 8.41. The van der Waals surface area contributed by atoms with Crippen molar-refractivity contribution in [3.05, 3.63) is 11.8 Å². The molecule has 2 aliphatic rings. The summed E-state index contributed by atoms with van der Waals surface area (Å²) in [6.07, 6.45) is -3.94. The number of likely N-dealkylation sites (tertiary alicyclic amines) is 2. The lowest BCUT2D eigenvalue weighted by Crippen LogP contribution is -2.59. The van der Waals surface area contributed by atoms with Gasteiger partial charge in [0.15, 0.2) is 0 Å². The number of carboxylic acids is 1. The SMILES string of the molecule is COCCN1CCC2(C1)CN(C(=O)c1cc(OC)no1)C2.O=C(O)C(F)(F)F. The Kier molecular flexibility index (Phi) is 6.88. The molecule has 158 valence electrons. The van der Waals surface area contributed by atoms with E-state index in [1.807, 2.05) is 4.90 Å². The molecule has 1 aromatic rings. The predicted molar refractivity (Wildman–Crippen MR) is 88.0 cm³/mol. The van der Waals surface area contributed by atoms with Crippen LogP contribution in [0.25, 0.3) is 0 Å². The number of amides is 1. The summed E-state index contributed by atoms with van der Waals surface area (Å²) in [6.45, 7) is 5.43. The summed E-state index contributed by atoms with van der Waals surface area (Å²) in [5.41, 5.74) is 0.257. The number of aromatic nitrogens is 1. The highest BCUT2D eigenvalue weighted by Gasteiger charge is 2.49. The van der Waals surface area contributed by atoms with Gasteiger partial charge in [0.2, 0.25) is 5.76 Å². The molecule has 0 unspecified atom stereocenters. The molecule has 1 aromatic heterocycles. The van der Waals surface area contributed by atoms with Crippen LogP contribution in [-0.2, 0) is 9.53 Å². The van der Waals surface area contributed by atoms with Crippen molar-refractivity contribution in [1.82, 2.24) is 15.0 Å². The molecule has 0 aliphatic carbocycles.